The van der Waals surface area contributed by atoms with E-state index >= 15 is 0 Å². The molecule has 0 saturated carbocycles. The van der Waals surface area contributed by atoms with Crippen molar-refractivity contribution < 1.29 is 4.79 Å². The Balaban J connectivity index is 1.19. The number of carbonyl (C=O) groups is 1. The minimum absolute atomic E-state index is 0.00829. The predicted molar refractivity (Wildman–Crippen MR) is 151 cm³/mol. The molecule has 1 saturated heterocycles. The SMILES string of the molecule is Cc1c[nH]c(-c2ccnc3[nH]c(-c4n[nH]c5cnc(-c6cncc(NC(=O)CC7CCNCC7)c6)cc45)nc23)n1. The summed E-state index contributed by atoms with van der Waals surface area (Å²) >= 11 is 0. The molecule has 0 aliphatic carbocycles. The van der Waals surface area contributed by atoms with Gasteiger partial charge in [0, 0.05) is 41.5 Å². The quantitative estimate of drug-likeness (QED) is 0.214. The van der Waals surface area contributed by atoms with Crippen LogP contribution in [-0.2, 0) is 4.79 Å². The van der Waals surface area contributed by atoms with E-state index in [9.17, 15) is 4.79 Å². The molecule has 7 heterocycles. The number of piperidine rings is 1. The molecule has 0 spiro atoms. The lowest BCUT2D eigenvalue weighted by molar-refractivity contribution is -0.117. The molecule has 1 aliphatic heterocycles. The number of rotatable bonds is 6. The van der Waals surface area contributed by atoms with Gasteiger partial charge in [0.2, 0.25) is 5.91 Å². The van der Waals surface area contributed by atoms with Crippen molar-refractivity contribution in [1.82, 2.24) is 50.4 Å². The van der Waals surface area contributed by atoms with Gasteiger partial charge in [-0.15, -0.1) is 0 Å². The average Bonchev–Trinajstić information content (AvgIpc) is 3.71. The molecule has 6 aromatic rings. The molecule has 5 N–H and O–H groups in total. The number of nitrogens with zero attached hydrogens (tertiary/aromatic N) is 6. The average molecular weight is 534 g/mol. The zero-order valence-electron chi connectivity index (χ0n) is 21.8. The number of aromatic amines is 3. The van der Waals surface area contributed by atoms with Crippen LogP contribution in [0.15, 0.2) is 49.2 Å². The van der Waals surface area contributed by atoms with Crippen molar-refractivity contribution in [3.05, 3.63) is 54.9 Å². The summed E-state index contributed by atoms with van der Waals surface area (Å²) in [5.74, 6) is 1.73. The molecule has 0 radical (unpaired) electrons. The third-order valence-corrected chi connectivity index (χ3v) is 7.27. The highest BCUT2D eigenvalue weighted by molar-refractivity contribution is 5.96. The van der Waals surface area contributed by atoms with Gasteiger partial charge in [0.15, 0.2) is 11.5 Å². The number of fused-ring (bicyclic) bond motifs is 2. The first-order valence-electron chi connectivity index (χ1n) is 13.3. The van der Waals surface area contributed by atoms with Crippen LogP contribution < -0.4 is 10.6 Å². The highest BCUT2D eigenvalue weighted by Crippen LogP contribution is 2.31. The summed E-state index contributed by atoms with van der Waals surface area (Å²) < 4.78 is 0. The van der Waals surface area contributed by atoms with E-state index in [1.807, 2.05) is 31.3 Å². The number of hydrogen-bond acceptors (Lipinski definition) is 8. The second-order valence-corrected chi connectivity index (χ2v) is 10.1. The second-order valence-electron chi connectivity index (χ2n) is 10.1. The standard InChI is InChI=1S/C28H27N11O/c1-15-11-33-26(34-15)19-4-7-31-27-24(19)36-28(37-27)25-20-10-21(32-14-22(20)38-39-25)17-9-18(13-30-12-17)35-23(40)8-16-2-5-29-6-3-16/h4,7,9-14,16,29H,2-3,5-6,8H2,1H3,(H,33,34)(H,35,40)(H,38,39)(H,31,36,37). The molecule has 6 aromatic heterocycles. The number of carbonyl (C=O) groups excluding carboxylic acids is 1. The number of amides is 1. The van der Waals surface area contributed by atoms with E-state index in [1.54, 1.807) is 24.8 Å². The number of nitrogens with one attached hydrogen (secondary N) is 5. The number of H-pyrrole nitrogens is 3. The highest BCUT2D eigenvalue weighted by atomic mass is 16.1. The van der Waals surface area contributed by atoms with Crippen LogP contribution in [0, 0.1) is 12.8 Å². The maximum Gasteiger partial charge on any atom is 0.224 e. The third-order valence-electron chi connectivity index (χ3n) is 7.27. The minimum Gasteiger partial charge on any atom is -0.344 e. The van der Waals surface area contributed by atoms with Crippen molar-refractivity contribution in [2.75, 3.05) is 18.4 Å². The summed E-state index contributed by atoms with van der Waals surface area (Å²) in [5, 5.41) is 14.8. The summed E-state index contributed by atoms with van der Waals surface area (Å²) in [7, 11) is 0. The molecule has 1 amide bonds. The lowest BCUT2D eigenvalue weighted by Crippen LogP contribution is -2.30. The Morgan fingerprint density at radius 3 is 2.83 bits per heavy atom. The number of hydrogen-bond donors (Lipinski definition) is 5. The van der Waals surface area contributed by atoms with Crippen LogP contribution in [0.3, 0.4) is 0 Å². The molecule has 1 aliphatic rings. The van der Waals surface area contributed by atoms with Gasteiger partial charge in [0.25, 0.3) is 0 Å². The Labute approximate surface area is 228 Å². The van der Waals surface area contributed by atoms with Gasteiger partial charge < -0.3 is 20.6 Å². The summed E-state index contributed by atoms with van der Waals surface area (Å²) in [6, 6.07) is 5.73. The Bertz CT molecular complexity index is 1840. The van der Waals surface area contributed by atoms with Gasteiger partial charge >= 0.3 is 0 Å². The number of anilines is 1. The molecule has 1 fully saturated rings. The molecule has 12 heteroatoms. The monoisotopic (exact) mass is 533 g/mol. The minimum atomic E-state index is 0.00829. The van der Waals surface area contributed by atoms with Crippen molar-refractivity contribution >= 4 is 33.7 Å². The summed E-state index contributed by atoms with van der Waals surface area (Å²) in [6.07, 6.45) is 11.3. The molecular weight excluding hydrogens is 506 g/mol. The first-order chi connectivity index (χ1) is 19.6. The van der Waals surface area contributed by atoms with Crippen LogP contribution in [0.4, 0.5) is 5.69 Å². The largest absolute Gasteiger partial charge is 0.344 e. The Hall–Kier alpha value is -4.97. The third kappa shape index (κ3) is 4.58. The Morgan fingerprint density at radius 2 is 1.98 bits per heavy atom. The smallest absolute Gasteiger partial charge is 0.224 e. The zero-order valence-corrected chi connectivity index (χ0v) is 21.8. The zero-order chi connectivity index (χ0) is 27.1. The van der Waals surface area contributed by atoms with E-state index in [4.69, 9.17) is 4.98 Å². The summed E-state index contributed by atoms with van der Waals surface area (Å²) in [6.45, 7) is 3.87. The van der Waals surface area contributed by atoms with E-state index in [-0.39, 0.29) is 5.91 Å². The van der Waals surface area contributed by atoms with Gasteiger partial charge in [-0.1, -0.05) is 0 Å². The molecule has 40 heavy (non-hydrogen) atoms. The van der Waals surface area contributed by atoms with Crippen LogP contribution in [0.1, 0.15) is 25.0 Å². The molecule has 0 unspecified atom stereocenters. The maximum absolute atomic E-state index is 12.7. The first kappa shape index (κ1) is 24.1. The molecule has 12 nitrogen and oxygen atoms in total. The molecule has 0 aromatic carbocycles. The second kappa shape index (κ2) is 9.97. The topological polar surface area (TPSA) is 166 Å². The number of pyridine rings is 3. The summed E-state index contributed by atoms with van der Waals surface area (Å²) in [5.41, 5.74) is 6.66. The number of aromatic nitrogens is 9. The maximum atomic E-state index is 12.7. The molecule has 7 rings (SSSR count). The van der Waals surface area contributed by atoms with Gasteiger partial charge in [-0.25, -0.2) is 15.0 Å². The fourth-order valence-electron chi connectivity index (χ4n) is 5.23. The van der Waals surface area contributed by atoms with Crippen LogP contribution in [0.5, 0.6) is 0 Å². The van der Waals surface area contributed by atoms with Crippen LogP contribution in [0.25, 0.3) is 56.2 Å². The van der Waals surface area contributed by atoms with Gasteiger partial charge in [0.1, 0.15) is 17.0 Å². The number of aryl methyl sites for hydroxylation is 1. The Kier molecular flexibility index (Phi) is 6.00. The van der Waals surface area contributed by atoms with E-state index < -0.39 is 0 Å². The fraction of sp³-hybridized carbons (Fsp3) is 0.250. The lowest BCUT2D eigenvalue weighted by Gasteiger charge is -2.21. The van der Waals surface area contributed by atoms with Crippen LogP contribution in [0.2, 0.25) is 0 Å². The fourth-order valence-corrected chi connectivity index (χ4v) is 5.23. The van der Waals surface area contributed by atoms with Gasteiger partial charge in [0.05, 0.1) is 35.0 Å². The van der Waals surface area contributed by atoms with Crippen LogP contribution >= 0.6 is 0 Å². The van der Waals surface area contributed by atoms with Crippen molar-refractivity contribution in [1.29, 1.82) is 0 Å². The van der Waals surface area contributed by atoms with Crippen LogP contribution in [-0.4, -0.2) is 64.1 Å². The van der Waals surface area contributed by atoms with Crippen molar-refractivity contribution in [3.8, 4) is 34.2 Å². The summed E-state index contributed by atoms with van der Waals surface area (Å²) in [4.78, 5) is 42.0. The van der Waals surface area contributed by atoms with Gasteiger partial charge in [-0.2, -0.15) is 5.10 Å². The van der Waals surface area contributed by atoms with Gasteiger partial charge in [-0.05, 0) is 57.0 Å². The predicted octanol–water partition coefficient (Wildman–Crippen LogP) is 3.98. The molecular formula is C28H27N11O. The molecule has 0 bridgehead atoms. The normalized spacial score (nSPS) is 14.2. The first-order valence-corrected chi connectivity index (χ1v) is 13.3. The van der Waals surface area contributed by atoms with Crippen molar-refractivity contribution in [3.63, 3.8) is 0 Å². The van der Waals surface area contributed by atoms with E-state index in [0.29, 0.717) is 46.4 Å². The Morgan fingerprint density at radius 1 is 1.07 bits per heavy atom. The van der Waals surface area contributed by atoms with Gasteiger partial charge in [-0.3, -0.25) is 19.9 Å². The molecule has 200 valence electrons. The van der Waals surface area contributed by atoms with Crippen molar-refractivity contribution in [2.45, 2.75) is 26.2 Å². The molecule has 0 atom stereocenters. The van der Waals surface area contributed by atoms with Crippen molar-refractivity contribution in [2.24, 2.45) is 5.92 Å². The van der Waals surface area contributed by atoms with E-state index in [0.717, 1.165) is 59.5 Å². The lowest BCUT2D eigenvalue weighted by atomic mass is 9.94. The highest BCUT2D eigenvalue weighted by Gasteiger charge is 2.19. The van der Waals surface area contributed by atoms with E-state index in [2.05, 4.69) is 50.7 Å². The van der Waals surface area contributed by atoms with E-state index in [1.165, 1.54) is 0 Å². The number of imidazole rings is 2.